The fraction of sp³-hybridized carbons (Fsp3) is 0.583. The molecule has 0 saturated heterocycles. The van der Waals surface area contributed by atoms with E-state index in [1.165, 1.54) is 19.3 Å². The van der Waals surface area contributed by atoms with E-state index in [-0.39, 0.29) is 0 Å². The van der Waals surface area contributed by atoms with Crippen LogP contribution in [0.4, 0.5) is 5.82 Å². The Morgan fingerprint density at radius 3 is 2.94 bits per heavy atom. The first kappa shape index (κ1) is 13.8. The summed E-state index contributed by atoms with van der Waals surface area (Å²) in [5, 5.41) is 11.2. The van der Waals surface area contributed by atoms with Gasteiger partial charge in [-0.15, -0.1) is 5.10 Å². The predicted octanol–water partition coefficient (Wildman–Crippen LogP) is 2.49. The zero-order valence-electron chi connectivity index (χ0n) is 10.4. The van der Waals surface area contributed by atoms with Gasteiger partial charge in [-0.2, -0.15) is 5.10 Å². The van der Waals surface area contributed by atoms with Gasteiger partial charge in [0.1, 0.15) is 4.99 Å². The number of hydrogen-bond acceptors (Lipinski definition) is 4. The van der Waals surface area contributed by atoms with Crippen molar-refractivity contribution in [3.05, 3.63) is 17.8 Å². The van der Waals surface area contributed by atoms with Crippen molar-refractivity contribution in [3.8, 4) is 0 Å². The van der Waals surface area contributed by atoms with E-state index in [1.54, 1.807) is 12.3 Å². The SMILES string of the molecule is CCCCCC(C)Nc1nnccc1C(N)=S. The third-order valence-corrected chi connectivity index (χ3v) is 2.83. The second-order valence-corrected chi connectivity index (χ2v) is 4.64. The third kappa shape index (κ3) is 4.65. The van der Waals surface area contributed by atoms with E-state index in [2.05, 4.69) is 29.4 Å². The highest BCUT2D eigenvalue weighted by Crippen LogP contribution is 2.13. The number of nitrogens with two attached hydrogens (primary N) is 1. The van der Waals surface area contributed by atoms with Gasteiger partial charge in [0.25, 0.3) is 0 Å². The molecule has 1 atom stereocenters. The van der Waals surface area contributed by atoms with E-state index in [0.29, 0.717) is 16.8 Å². The number of aromatic nitrogens is 2. The molecule has 3 N–H and O–H groups in total. The first-order valence-corrected chi connectivity index (χ1v) is 6.44. The normalized spacial score (nSPS) is 12.1. The summed E-state index contributed by atoms with van der Waals surface area (Å²) in [6, 6.07) is 2.14. The van der Waals surface area contributed by atoms with Crippen molar-refractivity contribution in [3.63, 3.8) is 0 Å². The van der Waals surface area contributed by atoms with Crippen LogP contribution in [0.3, 0.4) is 0 Å². The molecule has 1 aromatic rings. The number of rotatable bonds is 7. The Labute approximate surface area is 108 Å². The lowest BCUT2D eigenvalue weighted by atomic mass is 10.1. The van der Waals surface area contributed by atoms with Crippen LogP contribution in [0.5, 0.6) is 0 Å². The Hall–Kier alpha value is -1.23. The maximum Gasteiger partial charge on any atom is 0.159 e. The van der Waals surface area contributed by atoms with Gasteiger partial charge in [0.2, 0.25) is 0 Å². The van der Waals surface area contributed by atoms with Crippen LogP contribution in [0.15, 0.2) is 12.3 Å². The average molecular weight is 252 g/mol. The standard InChI is InChI=1S/C12H20N4S/c1-3-4-5-6-9(2)15-12-10(11(13)17)7-8-14-16-12/h7-9H,3-6H2,1-2H3,(H2,13,17)(H,15,16). The first-order chi connectivity index (χ1) is 8.15. The summed E-state index contributed by atoms with van der Waals surface area (Å²) in [5.74, 6) is 0.684. The van der Waals surface area contributed by atoms with Crippen LogP contribution in [0, 0.1) is 0 Å². The van der Waals surface area contributed by atoms with E-state index in [4.69, 9.17) is 18.0 Å². The lowest BCUT2D eigenvalue weighted by molar-refractivity contribution is 0.613. The number of thiocarbonyl (C=S) groups is 1. The molecule has 1 unspecified atom stereocenters. The van der Waals surface area contributed by atoms with Gasteiger partial charge in [-0.25, -0.2) is 0 Å². The van der Waals surface area contributed by atoms with Crippen molar-refractivity contribution in [1.82, 2.24) is 10.2 Å². The molecule has 0 aliphatic heterocycles. The van der Waals surface area contributed by atoms with Crippen LogP contribution in [-0.4, -0.2) is 21.2 Å². The summed E-state index contributed by atoms with van der Waals surface area (Å²) in [4.78, 5) is 0.350. The van der Waals surface area contributed by atoms with Crippen molar-refractivity contribution in [2.75, 3.05) is 5.32 Å². The number of hydrogen-bond donors (Lipinski definition) is 2. The Bertz CT molecular complexity index is 367. The zero-order chi connectivity index (χ0) is 12.7. The zero-order valence-corrected chi connectivity index (χ0v) is 11.3. The molecule has 1 rings (SSSR count). The van der Waals surface area contributed by atoms with Gasteiger partial charge in [-0.1, -0.05) is 38.4 Å². The Kier molecular flexibility index (Phi) is 5.83. The molecule has 17 heavy (non-hydrogen) atoms. The molecule has 0 bridgehead atoms. The Morgan fingerprint density at radius 1 is 1.53 bits per heavy atom. The Balaban J connectivity index is 2.58. The van der Waals surface area contributed by atoms with Crippen molar-refractivity contribution in [2.45, 2.75) is 45.6 Å². The number of nitrogens with zero attached hydrogens (tertiary/aromatic N) is 2. The third-order valence-electron chi connectivity index (χ3n) is 2.61. The molecule has 0 aliphatic carbocycles. The Morgan fingerprint density at radius 2 is 2.29 bits per heavy atom. The molecule has 0 fully saturated rings. The van der Waals surface area contributed by atoms with Crippen molar-refractivity contribution in [1.29, 1.82) is 0 Å². The molecule has 94 valence electrons. The fourth-order valence-corrected chi connectivity index (χ4v) is 1.81. The highest BCUT2D eigenvalue weighted by atomic mass is 32.1. The first-order valence-electron chi connectivity index (χ1n) is 6.03. The second-order valence-electron chi connectivity index (χ2n) is 4.20. The van der Waals surface area contributed by atoms with Crippen LogP contribution in [0.25, 0.3) is 0 Å². The summed E-state index contributed by atoms with van der Waals surface area (Å²) >= 11 is 4.98. The molecule has 1 aromatic heterocycles. The smallest absolute Gasteiger partial charge is 0.159 e. The lowest BCUT2D eigenvalue weighted by Crippen LogP contribution is -2.20. The van der Waals surface area contributed by atoms with E-state index in [0.717, 1.165) is 12.0 Å². The molecule has 0 aromatic carbocycles. The summed E-state index contributed by atoms with van der Waals surface area (Å²) in [5.41, 5.74) is 6.40. The highest BCUT2D eigenvalue weighted by Gasteiger charge is 2.09. The molecule has 0 aliphatic rings. The maximum atomic E-state index is 5.64. The maximum absolute atomic E-state index is 5.64. The molecule has 0 amide bonds. The minimum atomic E-state index is 0.350. The molecule has 5 heteroatoms. The summed E-state index contributed by atoms with van der Waals surface area (Å²) < 4.78 is 0. The fourth-order valence-electron chi connectivity index (χ4n) is 1.64. The molecule has 0 spiro atoms. The average Bonchev–Trinajstić information content (AvgIpc) is 2.29. The van der Waals surface area contributed by atoms with Crippen LogP contribution in [-0.2, 0) is 0 Å². The minimum Gasteiger partial charge on any atom is -0.389 e. The van der Waals surface area contributed by atoms with Gasteiger partial charge in [0.05, 0.1) is 11.8 Å². The van der Waals surface area contributed by atoms with Crippen molar-refractivity contribution < 1.29 is 0 Å². The molecular formula is C12H20N4S. The van der Waals surface area contributed by atoms with Crippen LogP contribution < -0.4 is 11.1 Å². The monoisotopic (exact) mass is 252 g/mol. The van der Waals surface area contributed by atoms with E-state index in [1.807, 2.05) is 0 Å². The molecular weight excluding hydrogens is 232 g/mol. The summed E-state index contributed by atoms with van der Waals surface area (Å²) in [7, 11) is 0. The topological polar surface area (TPSA) is 63.8 Å². The van der Waals surface area contributed by atoms with Crippen molar-refractivity contribution >= 4 is 23.0 Å². The van der Waals surface area contributed by atoms with E-state index < -0.39 is 0 Å². The molecule has 0 radical (unpaired) electrons. The highest BCUT2D eigenvalue weighted by molar-refractivity contribution is 7.80. The van der Waals surface area contributed by atoms with Crippen LogP contribution in [0.2, 0.25) is 0 Å². The summed E-state index contributed by atoms with van der Waals surface area (Å²) in [6.07, 6.45) is 6.42. The molecule has 1 heterocycles. The van der Waals surface area contributed by atoms with Gasteiger partial charge in [0.15, 0.2) is 5.82 Å². The number of unbranched alkanes of at least 4 members (excludes halogenated alkanes) is 2. The van der Waals surface area contributed by atoms with Crippen LogP contribution in [0.1, 0.15) is 45.1 Å². The molecule has 0 saturated carbocycles. The predicted molar refractivity (Wildman–Crippen MR) is 75.1 cm³/mol. The summed E-state index contributed by atoms with van der Waals surface area (Å²) in [6.45, 7) is 4.33. The number of nitrogens with one attached hydrogen (secondary N) is 1. The van der Waals surface area contributed by atoms with Gasteiger partial charge >= 0.3 is 0 Å². The quantitative estimate of drug-likeness (QED) is 0.576. The second kappa shape index (κ2) is 7.17. The van der Waals surface area contributed by atoms with Gasteiger partial charge in [-0.3, -0.25) is 0 Å². The van der Waals surface area contributed by atoms with Crippen LogP contribution >= 0.6 is 12.2 Å². The largest absolute Gasteiger partial charge is 0.389 e. The minimum absolute atomic E-state index is 0.350. The number of anilines is 1. The van der Waals surface area contributed by atoms with E-state index >= 15 is 0 Å². The van der Waals surface area contributed by atoms with Gasteiger partial charge in [0, 0.05) is 6.04 Å². The van der Waals surface area contributed by atoms with Gasteiger partial charge < -0.3 is 11.1 Å². The molecule has 4 nitrogen and oxygen atoms in total. The lowest BCUT2D eigenvalue weighted by Gasteiger charge is -2.15. The van der Waals surface area contributed by atoms with Crippen molar-refractivity contribution in [2.24, 2.45) is 5.73 Å². The van der Waals surface area contributed by atoms with Gasteiger partial charge in [-0.05, 0) is 19.4 Å². The van der Waals surface area contributed by atoms with E-state index in [9.17, 15) is 0 Å².